The van der Waals surface area contributed by atoms with E-state index >= 15 is 0 Å². The first-order valence-electron chi connectivity index (χ1n) is 8.23. The first kappa shape index (κ1) is 20.4. The van der Waals surface area contributed by atoms with Crippen molar-refractivity contribution in [1.29, 1.82) is 5.41 Å². The highest BCUT2D eigenvalue weighted by atomic mass is 35.5. The number of aromatic hydroxyl groups is 2. The molecule has 3 aromatic rings. The number of halogens is 1. The van der Waals surface area contributed by atoms with Crippen LogP contribution in [-0.4, -0.2) is 21.3 Å². The highest BCUT2D eigenvalue weighted by Crippen LogP contribution is 2.56. The minimum atomic E-state index is -1.17. The molecule has 0 aliphatic carbocycles. The number of phenols is 2. The SMILES string of the molecule is Cl.N=C=S.O=C1OC2(c3ccc(O)cc3Oc3cc(O)ccc32)c2ccccc21. The summed E-state index contributed by atoms with van der Waals surface area (Å²) >= 11 is 3.81. The second kappa shape index (κ2) is 7.56. The van der Waals surface area contributed by atoms with Gasteiger partial charge in [-0.25, -0.2) is 10.2 Å². The Labute approximate surface area is 177 Å². The lowest BCUT2D eigenvalue weighted by molar-refractivity contribution is 0.0224. The summed E-state index contributed by atoms with van der Waals surface area (Å²) in [4.78, 5) is 12.5. The molecule has 29 heavy (non-hydrogen) atoms. The number of nitrogens with one attached hydrogen (secondary N) is 1. The molecule has 2 heterocycles. The lowest BCUT2D eigenvalue weighted by atomic mass is 9.77. The molecule has 2 aliphatic heterocycles. The summed E-state index contributed by atoms with van der Waals surface area (Å²) in [6, 6.07) is 16.6. The molecule has 0 radical (unpaired) electrons. The van der Waals surface area contributed by atoms with E-state index in [1.165, 1.54) is 24.3 Å². The van der Waals surface area contributed by atoms with E-state index in [2.05, 4.69) is 12.2 Å². The molecule has 0 aromatic heterocycles. The Balaban J connectivity index is 0.000000568. The molecule has 0 saturated heterocycles. The molecule has 0 fully saturated rings. The highest BCUT2D eigenvalue weighted by Gasteiger charge is 2.53. The molecule has 0 atom stereocenters. The Morgan fingerprint density at radius 3 is 1.97 bits per heavy atom. The lowest BCUT2D eigenvalue weighted by Gasteiger charge is -2.36. The molecular weight excluding hydrogens is 414 g/mol. The van der Waals surface area contributed by atoms with Gasteiger partial charge in [0.15, 0.2) is 5.60 Å². The number of isothiocyanates is 1. The van der Waals surface area contributed by atoms with Crippen molar-refractivity contribution >= 4 is 35.8 Å². The van der Waals surface area contributed by atoms with E-state index in [9.17, 15) is 15.0 Å². The second-order valence-electron chi connectivity index (χ2n) is 6.18. The van der Waals surface area contributed by atoms with Crippen LogP contribution in [0.25, 0.3) is 0 Å². The van der Waals surface area contributed by atoms with Gasteiger partial charge in [0, 0.05) is 28.8 Å². The second-order valence-corrected chi connectivity index (χ2v) is 6.39. The van der Waals surface area contributed by atoms with Crippen LogP contribution >= 0.6 is 24.6 Å². The van der Waals surface area contributed by atoms with Crippen molar-refractivity contribution in [2.24, 2.45) is 0 Å². The summed E-state index contributed by atoms with van der Waals surface area (Å²) in [5.41, 5.74) is 1.28. The number of fused-ring (bicyclic) bond motifs is 6. The zero-order chi connectivity index (χ0) is 19.9. The minimum Gasteiger partial charge on any atom is -0.508 e. The number of carbonyl (C=O) groups excluding carboxylic acids is 1. The van der Waals surface area contributed by atoms with Crippen LogP contribution in [0, 0.1) is 5.41 Å². The van der Waals surface area contributed by atoms with Gasteiger partial charge in [-0.05, 0) is 42.5 Å². The van der Waals surface area contributed by atoms with E-state index in [0.717, 1.165) is 0 Å². The molecule has 3 N–H and O–H groups in total. The maximum atomic E-state index is 12.5. The van der Waals surface area contributed by atoms with Crippen molar-refractivity contribution in [3.63, 3.8) is 0 Å². The third-order valence-corrected chi connectivity index (χ3v) is 4.68. The number of benzene rings is 3. The highest BCUT2D eigenvalue weighted by molar-refractivity contribution is 7.78. The molecule has 0 unspecified atom stereocenters. The van der Waals surface area contributed by atoms with Crippen molar-refractivity contribution in [3.8, 4) is 23.0 Å². The largest absolute Gasteiger partial charge is 0.508 e. The van der Waals surface area contributed by atoms with Gasteiger partial charge in [-0.15, -0.1) is 12.4 Å². The van der Waals surface area contributed by atoms with E-state index in [1.54, 1.807) is 29.4 Å². The van der Waals surface area contributed by atoms with Crippen LogP contribution in [0.15, 0.2) is 60.7 Å². The van der Waals surface area contributed by atoms with E-state index in [1.807, 2.05) is 12.1 Å². The van der Waals surface area contributed by atoms with Gasteiger partial charge in [0.1, 0.15) is 23.0 Å². The van der Waals surface area contributed by atoms with Gasteiger partial charge < -0.3 is 19.7 Å². The molecule has 8 heteroatoms. The van der Waals surface area contributed by atoms with Crippen LogP contribution in [-0.2, 0) is 10.3 Å². The summed E-state index contributed by atoms with van der Waals surface area (Å²) in [6.45, 7) is 0. The molecular formula is C21H14ClNO5S. The average molecular weight is 428 g/mol. The molecule has 5 rings (SSSR count). The number of phenolic OH excluding ortho intramolecular Hbond substituents is 2. The number of ether oxygens (including phenoxy) is 2. The Hall–Kier alpha value is -3.38. The smallest absolute Gasteiger partial charge is 0.340 e. The maximum absolute atomic E-state index is 12.5. The number of hydrogen-bond acceptors (Lipinski definition) is 7. The summed E-state index contributed by atoms with van der Waals surface area (Å²) in [5.74, 6) is 0.408. The third kappa shape index (κ3) is 3.02. The standard InChI is InChI=1S/C20H12O5.CHNS.ClH/c21-11-5-7-15-17(9-11)24-18-10-12(22)6-8-16(18)20(15)14-4-2-1-3-13(14)19(23)25-20;2-1-3;/h1-10,21-22H;2H;1H. The van der Waals surface area contributed by atoms with Crippen molar-refractivity contribution in [2.45, 2.75) is 5.60 Å². The Morgan fingerprint density at radius 2 is 1.41 bits per heavy atom. The van der Waals surface area contributed by atoms with E-state index < -0.39 is 11.6 Å². The van der Waals surface area contributed by atoms with Gasteiger partial charge in [0.05, 0.1) is 10.7 Å². The fraction of sp³-hybridized carbons (Fsp3) is 0.0476. The van der Waals surface area contributed by atoms with Gasteiger partial charge in [0.2, 0.25) is 0 Å². The molecule has 146 valence electrons. The predicted molar refractivity (Wildman–Crippen MR) is 111 cm³/mol. The minimum absolute atomic E-state index is 0. The van der Waals surface area contributed by atoms with Crippen LogP contribution in [0.3, 0.4) is 0 Å². The van der Waals surface area contributed by atoms with Gasteiger partial charge in [-0.2, -0.15) is 0 Å². The summed E-state index contributed by atoms with van der Waals surface area (Å²) < 4.78 is 11.8. The fourth-order valence-corrected chi connectivity index (χ4v) is 3.65. The molecule has 1 spiro atoms. The summed E-state index contributed by atoms with van der Waals surface area (Å²) in [7, 11) is 0. The van der Waals surface area contributed by atoms with E-state index in [4.69, 9.17) is 14.9 Å². The zero-order valence-electron chi connectivity index (χ0n) is 14.7. The van der Waals surface area contributed by atoms with E-state index in [-0.39, 0.29) is 23.9 Å². The van der Waals surface area contributed by atoms with Crippen LogP contribution in [0.5, 0.6) is 23.0 Å². The monoisotopic (exact) mass is 427 g/mol. The molecule has 3 aromatic carbocycles. The maximum Gasteiger partial charge on any atom is 0.340 e. The van der Waals surface area contributed by atoms with E-state index in [0.29, 0.717) is 33.8 Å². The quantitative estimate of drug-likeness (QED) is 0.272. The Morgan fingerprint density at radius 1 is 0.897 bits per heavy atom. The van der Waals surface area contributed by atoms with Crippen molar-refractivity contribution in [1.82, 2.24) is 0 Å². The third-order valence-electron chi connectivity index (χ3n) is 4.68. The first-order valence-corrected chi connectivity index (χ1v) is 8.63. The normalized spacial score (nSPS) is 13.9. The van der Waals surface area contributed by atoms with Crippen LogP contribution in [0.4, 0.5) is 0 Å². The van der Waals surface area contributed by atoms with Gasteiger partial charge >= 0.3 is 5.97 Å². The molecule has 0 amide bonds. The zero-order valence-corrected chi connectivity index (χ0v) is 16.3. The Kier molecular flexibility index (Phi) is 5.31. The van der Waals surface area contributed by atoms with Crippen LogP contribution in [0.2, 0.25) is 0 Å². The number of thiocarbonyl (C=S) groups is 1. The van der Waals surface area contributed by atoms with Crippen LogP contribution < -0.4 is 4.74 Å². The molecule has 0 bridgehead atoms. The lowest BCUT2D eigenvalue weighted by Crippen LogP contribution is -2.32. The van der Waals surface area contributed by atoms with Crippen LogP contribution in [0.1, 0.15) is 27.0 Å². The molecule has 6 nitrogen and oxygen atoms in total. The molecule has 2 aliphatic rings. The van der Waals surface area contributed by atoms with Crippen molar-refractivity contribution in [2.75, 3.05) is 0 Å². The fourth-order valence-electron chi connectivity index (χ4n) is 3.65. The number of esters is 1. The number of rotatable bonds is 0. The van der Waals surface area contributed by atoms with Gasteiger partial charge in [-0.1, -0.05) is 18.2 Å². The summed E-state index contributed by atoms with van der Waals surface area (Å²) in [6.07, 6.45) is 0. The Bertz CT molecular complexity index is 1110. The average Bonchev–Trinajstić information content (AvgIpc) is 2.96. The topological polar surface area (TPSA) is 99.8 Å². The van der Waals surface area contributed by atoms with Gasteiger partial charge in [-0.3, -0.25) is 0 Å². The summed E-state index contributed by atoms with van der Waals surface area (Å²) in [5, 5.41) is 27.0. The first-order chi connectivity index (χ1) is 13.5. The number of hydrogen-bond donors (Lipinski definition) is 3. The van der Waals surface area contributed by atoms with Gasteiger partial charge in [0.25, 0.3) is 0 Å². The van der Waals surface area contributed by atoms with Crippen molar-refractivity contribution in [3.05, 3.63) is 82.9 Å². The van der Waals surface area contributed by atoms with Crippen molar-refractivity contribution < 1.29 is 24.5 Å². The molecule has 0 saturated carbocycles. The predicted octanol–water partition coefficient (Wildman–Crippen LogP) is 4.76. The number of carbonyl (C=O) groups is 1.